The fraction of sp³-hybridized carbons (Fsp3) is 0.926. The summed E-state index contributed by atoms with van der Waals surface area (Å²) in [6, 6.07) is 0. The Hall–Kier alpha value is -0.300. The summed E-state index contributed by atoms with van der Waals surface area (Å²) in [4.78, 5) is 0. The van der Waals surface area contributed by atoms with Gasteiger partial charge in [-0.3, -0.25) is 0 Å². The second-order valence-electron chi connectivity index (χ2n) is 12.2. The second-order valence-corrected chi connectivity index (χ2v) is 12.2. The average molecular weight is 387 g/mol. The molecule has 0 heterocycles. The molecule has 160 valence electrons. The van der Waals surface area contributed by atoms with Gasteiger partial charge in [0, 0.05) is 0 Å². The molecule has 0 aromatic rings. The third-order valence-electron chi connectivity index (χ3n) is 10.3. The van der Waals surface area contributed by atoms with Gasteiger partial charge in [-0.15, -0.1) is 0 Å². The molecule has 1 heteroatoms. The van der Waals surface area contributed by atoms with Crippen LogP contribution in [0.3, 0.4) is 0 Å². The summed E-state index contributed by atoms with van der Waals surface area (Å²) < 4.78 is 0. The number of allylic oxidation sites excluding steroid dienone is 1. The van der Waals surface area contributed by atoms with Crippen molar-refractivity contribution in [1.29, 1.82) is 0 Å². The first kappa shape index (κ1) is 21.0. The zero-order valence-electron chi connectivity index (χ0n) is 19.3. The van der Waals surface area contributed by atoms with Crippen molar-refractivity contribution in [2.45, 2.75) is 111 Å². The van der Waals surface area contributed by atoms with Crippen LogP contribution < -0.4 is 0 Å². The highest BCUT2D eigenvalue weighted by atomic mass is 16.3. The lowest BCUT2D eigenvalue weighted by molar-refractivity contribution is -0.0573. The third-order valence-corrected chi connectivity index (χ3v) is 10.3. The summed E-state index contributed by atoms with van der Waals surface area (Å²) in [5.74, 6) is 5.46. The quantitative estimate of drug-likeness (QED) is 0.488. The van der Waals surface area contributed by atoms with Crippen molar-refractivity contribution in [3.05, 3.63) is 11.6 Å². The lowest BCUT2D eigenvalue weighted by Crippen LogP contribution is -2.50. The van der Waals surface area contributed by atoms with Gasteiger partial charge in [-0.2, -0.15) is 0 Å². The molecule has 3 saturated carbocycles. The predicted molar refractivity (Wildman–Crippen MR) is 119 cm³/mol. The Balaban J connectivity index is 1.49. The first-order valence-electron chi connectivity index (χ1n) is 12.6. The van der Waals surface area contributed by atoms with Crippen LogP contribution in [0.1, 0.15) is 105 Å². The van der Waals surface area contributed by atoms with Gasteiger partial charge < -0.3 is 5.11 Å². The Morgan fingerprint density at radius 1 is 1.00 bits per heavy atom. The van der Waals surface area contributed by atoms with Crippen LogP contribution in [-0.4, -0.2) is 11.2 Å². The number of hydrogen-bond donors (Lipinski definition) is 1. The van der Waals surface area contributed by atoms with Gasteiger partial charge in [0.25, 0.3) is 0 Å². The van der Waals surface area contributed by atoms with Gasteiger partial charge in [-0.05, 0) is 97.7 Å². The normalized spacial score (nSPS) is 46.5. The molecule has 28 heavy (non-hydrogen) atoms. The number of aliphatic hydroxyl groups excluding tert-OH is 1. The monoisotopic (exact) mass is 386 g/mol. The summed E-state index contributed by atoms with van der Waals surface area (Å²) in [6.07, 6.45) is 17.2. The fourth-order valence-corrected chi connectivity index (χ4v) is 8.67. The van der Waals surface area contributed by atoms with Gasteiger partial charge >= 0.3 is 0 Å². The molecule has 3 fully saturated rings. The van der Waals surface area contributed by atoms with Gasteiger partial charge in [0.1, 0.15) is 0 Å². The summed E-state index contributed by atoms with van der Waals surface area (Å²) in [5.41, 5.74) is 2.60. The molecular formula is C27H46O. The highest BCUT2D eigenvalue weighted by molar-refractivity contribution is 5.25. The van der Waals surface area contributed by atoms with Crippen molar-refractivity contribution >= 4 is 0 Å². The van der Waals surface area contributed by atoms with Crippen LogP contribution in [0.15, 0.2) is 11.6 Å². The molecule has 0 aromatic heterocycles. The van der Waals surface area contributed by atoms with Crippen LogP contribution in [0.5, 0.6) is 0 Å². The molecule has 4 aliphatic rings. The molecule has 1 nitrogen and oxygen atoms in total. The molecule has 0 amide bonds. The van der Waals surface area contributed by atoms with Crippen LogP contribution in [0, 0.1) is 46.3 Å². The molecular weight excluding hydrogens is 340 g/mol. The third kappa shape index (κ3) is 3.42. The molecule has 0 aromatic carbocycles. The first-order valence-corrected chi connectivity index (χ1v) is 12.6. The van der Waals surface area contributed by atoms with Crippen LogP contribution >= 0.6 is 0 Å². The summed E-state index contributed by atoms with van der Waals surface area (Å²) >= 11 is 0. The van der Waals surface area contributed by atoms with E-state index in [0.29, 0.717) is 10.8 Å². The van der Waals surface area contributed by atoms with Gasteiger partial charge in [0.2, 0.25) is 0 Å². The first-order chi connectivity index (χ1) is 13.3. The van der Waals surface area contributed by atoms with Gasteiger partial charge in [0.15, 0.2) is 0 Å². The standard InChI is InChI=1S/C27H46O/c1-18(2)7-6-8-19(3)23-11-12-24-22-10-9-20-17-21(28)13-15-26(20,4)25(22)14-16-27(23,24)5/h9,18-19,21-25,28H,6-8,10-17H2,1-5H3/t19?,21-,22?,23-,24?,25?,26+,27-/m1/s1. The molecule has 4 unspecified atom stereocenters. The van der Waals surface area contributed by atoms with Gasteiger partial charge in [-0.25, -0.2) is 0 Å². The topological polar surface area (TPSA) is 20.2 Å². The van der Waals surface area contributed by atoms with Crippen molar-refractivity contribution in [2.75, 3.05) is 0 Å². The Bertz CT molecular complexity index is 591. The maximum Gasteiger partial charge on any atom is 0.0577 e. The summed E-state index contributed by atoms with van der Waals surface area (Å²) in [6.45, 7) is 12.6. The fourth-order valence-electron chi connectivity index (χ4n) is 8.67. The number of aliphatic hydroxyl groups is 1. The summed E-state index contributed by atoms with van der Waals surface area (Å²) in [5, 5.41) is 10.2. The van der Waals surface area contributed by atoms with Crippen LogP contribution in [0.4, 0.5) is 0 Å². The predicted octanol–water partition coefficient (Wildman–Crippen LogP) is 7.39. The van der Waals surface area contributed by atoms with E-state index in [0.717, 1.165) is 48.3 Å². The number of fused-ring (bicyclic) bond motifs is 5. The maximum absolute atomic E-state index is 10.2. The molecule has 0 aliphatic heterocycles. The van der Waals surface area contributed by atoms with Crippen LogP contribution in [-0.2, 0) is 0 Å². The van der Waals surface area contributed by atoms with E-state index < -0.39 is 0 Å². The van der Waals surface area contributed by atoms with Gasteiger partial charge in [-0.1, -0.05) is 65.5 Å². The molecule has 0 spiro atoms. The molecule has 4 rings (SSSR count). The minimum atomic E-state index is -0.0766. The number of rotatable bonds is 5. The smallest absolute Gasteiger partial charge is 0.0577 e. The largest absolute Gasteiger partial charge is 0.393 e. The lowest BCUT2D eigenvalue weighted by Gasteiger charge is -2.58. The second kappa shape index (κ2) is 7.75. The van der Waals surface area contributed by atoms with E-state index >= 15 is 0 Å². The molecule has 8 atom stereocenters. The highest BCUT2D eigenvalue weighted by Crippen LogP contribution is 2.67. The van der Waals surface area contributed by atoms with Crippen molar-refractivity contribution in [2.24, 2.45) is 46.3 Å². The summed E-state index contributed by atoms with van der Waals surface area (Å²) in [7, 11) is 0. The minimum absolute atomic E-state index is 0.0766. The van der Waals surface area contributed by atoms with Crippen molar-refractivity contribution in [3.8, 4) is 0 Å². The van der Waals surface area contributed by atoms with E-state index in [4.69, 9.17) is 0 Å². The average Bonchev–Trinajstić information content (AvgIpc) is 2.99. The SMILES string of the molecule is CC(C)CCCC(C)[C@H]1CCC2C3CC=C4C[C@H](O)CC[C@]4(C)C3CC[C@@]21C. The zero-order valence-corrected chi connectivity index (χ0v) is 19.3. The molecule has 0 saturated heterocycles. The van der Waals surface area contributed by atoms with Crippen molar-refractivity contribution in [1.82, 2.24) is 0 Å². The number of hydrogen-bond acceptors (Lipinski definition) is 1. The van der Waals surface area contributed by atoms with Crippen LogP contribution in [0.2, 0.25) is 0 Å². The minimum Gasteiger partial charge on any atom is -0.393 e. The van der Waals surface area contributed by atoms with E-state index in [1.165, 1.54) is 57.8 Å². The van der Waals surface area contributed by atoms with E-state index in [1.807, 2.05) is 0 Å². The Morgan fingerprint density at radius 2 is 1.79 bits per heavy atom. The van der Waals surface area contributed by atoms with E-state index in [1.54, 1.807) is 5.57 Å². The Kier molecular flexibility index (Phi) is 5.80. The highest BCUT2D eigenvalue weighted by Gasteiger charge is 2.59. The van der Waals surface area contributed by atoms with Gasteiger partial charge in [0.05, 0.1) is 6.10 Å². The maximum atomic E-state index is 10.2. The Morgan fingerprint density at radius 3 is 2.54 bits per heavy atom. The molecule has 0 bridgehead atoms. The van der Waals surface area contributed by atoms with E-state index in [-0.39, 0.29) is 6.10 Å². The Labute approximate surface area is 174 Å². The zero-order chi connectivity index (χ0) is 20.1. The molecule has 1 N–H and O–H groups in total. The van der Waals surface area contributed by atoms with E-state index in [2.05, 4.69) is 40.7 Å². The van der Waals surface area contributed by atoms with Crippen molar-refractivity contribution in [3.63, 3.8) is 0 Å². The van der Waals surface area contributed by atoms with Crippen LogP contribution in [0.25, 0.3) is 0 Å². The van der Waals surface area contributed by atoms with E-state index in [9.17, 15) is 5.11 Å². The molecule has 4 aliphatic carbocycles. The van der Waals surface area contributed by atoms with Crippen molar-refractivity contribution < 1.29 is 5.11 Å². The molecule has 0 radical (unpaired) electrons. The lowest BCUT2D eigenvalue weighted by atomic mass is 9.47.